The third-order valence-electron chi connectivity index (χ3n) is 5.57. The number of ether oxygens (including phenoxy) is 1. The maximum absolute atomic E-state index is 13.2. The first-order chi connectivity index (χ1) is 15.3. The highest BCUT2D eigenvalue weighted by molar-refractivity contribution is 7.92. The summed E-state index contributed by atoms with van der Waals surface area (Å²) in [6.45, 7) is 0.386. The molecule has 0 aliphatic carbocycles. The van der Waals surface area contributed by atoms with Crippen LogP contribution in [0.3, 0.4) is 0 Å². The van der Waals surface area contributed by atoms with Crippen molar-refractivity contribution in [3.8, 4) is 5.75 Å². The molecule has 32 heavy (non-hydrogen) atoms. The lowest BCUT2D eigenvalue weighted by atomic mass is 10.00. The van der Waals surface area contributed by atoms with E-state index in [0.29, 0.717) is 41.4 Å². The second-order valence-electron chi connectivity index (χ2n) is 7.54. The first-order valence-electron chi connectivity index (χ1n) is 10.1. The Morgan fingerprint density at radius 2 is 1.72 bits per heavy atom. The maximum atomic E-state index is 13.2. The van der Waals surface area contributed by atoms with E-state index in [4.69, 9.17) is 16.3 Å². The number of carbonyl (C=O) groups excluding carboxylic acids is 1. The molecule has 8 heteroatoms. The molecular weight excluding hydrogens is 448 g/mol. The van der Waals surface area contributed by atoms with Crippen molar-refractivity contribution in [2.45, 2.75) is 17.7 Å². The molecule has 1 heterocycles. The van der Waals surface area contributed by atoms with Gasteiger partial charge < -0.3 is 9.64 Å². The molecule has 6 nitrogen and oxygen atoms in total. The Morgan fingerprint density at radius 3 is 2.38 bits per heavy atom. The van der Waals surface area contributed by atoms with Crippen LogP contribution in [0.15, 0.2) is 71.6 Å². The van der Waals surface area contributed by atoms with Crippen LogP contribution in [-0.2, 0) is 16.4 Å². The quantitative estimate of drug-likeness (QED) is 0.539. The van der Waals surface area contributed by atoms with Gasteiger partial charge >= 0.3 is 0 Å². The Morgan fingerprint density at radius 1 is 1.03 bits per heavy atom. The molecule has 166 valence electrons. The van der Waals surface area contributed by atoms with Crippen LogP contribution < -0.4 is 13.9 Å². The monoisotopic (exact) mass is 470 g/mol. The number of methoxy groups -OCH3 is 1. The number of rotatable bonds is 5. The fourth-order valence-electron chi connectivity index (χ4n) is 3.80. The summed E-state index contributed by atoms with van der Waals surface area (Å²) in [5, 5.41) is 0.479. The summed E-state index contributed by atoms with van der Waals surface area (Å²) in [6.07, 6.45) is 1.38. The number of nitrogens with zero attached hydrogens (tertiary/aromatic N) is 2. The summed E-state index contributed by atoms with van der Waals surface area (Å²) in [4.78, 5) is 14.8. The molecule has 4 rings (SSSR count). The Hall–Kier alpha value is -3.03. The van der Waals surface area contributed by atoms with Crippen LogP contribution in [0, 0.1) is 0 Å². The first kappa shape index (κ1) is 22.2. The highest BCUT2D eigenvalue weighted by Gasteiger charge is 2.30. The summed E-state index contributed by atoms with van der Waals surface area (Å²) in [6, 6.07) is 18.6. The lowest BCUT2D eigenvalue weighted by Gasteiger charge is -2.31. The fourth-order valence-corrected chi connectivity index (χ4v) is 5.46. The van der Waals surface area contributed by atoms with Gasteiger partial charge in [-0.25, -0.2) is 8.42 Å². The smallest absolute Gasteiger partial charge is 0.264 e. The third kappa shape index (κ3) is 4.18. The number of fused-ring (bicyclic) bond motifs is 1. The number of amides is 1. The van der Waals surface area contributed by atoms with E-state index < -0.39 is 10.0 Å². The molecule has 0 saturated carbocycles. The number of carbonyl (C=O) groups is 1. The predicted molar refractivity (Wildman–Crippen MR) is 126 cm³/mol. The summed E-state index contributed by atoms with van der Waals surface area (Å²) < 4.78 is 33.0. The van der Waals surface area contributed by atoms with Gasteiger partial charge in [0.1, 0.15) is 5.75 Å². The molecule has 3 aromatic carbocycles. The van der Waals surface area contributed by atoms with Gasteiger partial charge in [-0.1, -0.05) is 11.6 Å². The molecule has 0 saturated heterocycles. The molecular formula is C24H23ClN2O4S. The minimum atomic E-state index is -3.72. The van der Waals surface area contributed by atoms with Gasteiger partial charge in [0.15, 0.2) is 0 Å². The van der Waals surface area contributed by atoms with Crippen molar-refractivity contribution >= 4 is 38.9 Å². The van der Waals surface area contributed by atoms with Gasteiger partial charge in [-0.3, -0.25) is 9.10 Å². The van der Waals surface area contributed by atoms with Crippen molar-refractivity contribution in [2.24, 2.45) is 0 Å². The van der Waals surface area contributed by atoms with Crippen LogP contribution in [0.5, 0.6) is 5.75 Å². The Kier molecular flexibility index (Phi) is 6.13. The number of hydrogen-bond acceptors (Lipinski definition) is 4. The molecule has 0 bridgehead atoms. The Bertz CT molecular complexity index is 1240. The SMILES string of the molecule is COc1ccc(N(C)C(=O)c2ccc3c(c2)CCCN3S(=O)(=O)c2ccc(Cl)cc2)cc1. The standard InChI is InChI=1S/C24H23ClN2O4S/c1-26(20-8-10-21(31-2)11-9-20)24(28)18-5-14-23-17(16-18)4-3-15-27(23)32(29,30)22-12-6-19(25)7-13-22/h5-14,16H,3-4,15H2,1-2H3. The van der Waals surface area contributed by atoms with Gasteiger partial charge in [0.25, 0.3) is 15.9 Å². The molecule has 0 N–H and O–H groups in total. The minimum absolute atomic E-state index is 0.171. The van der Waals surface area contributed by atoms with E-state index in [-0.39, 0.29) is 10.8 Å². The topological polar surface area (TPSA) is 66.9 Å². The van der Waals surface area contributed by atoms with Gasteiger partial charge in [-0.2, -0.15) is 0 Å². The predicted octanol–water partition coefficient (Wildman–Crippen LogP) is 4.77. The van der Waals surface area contributed by atoms with E-state index in [1.165, 1.54) is 16.4 Å². The Labute approximate surface area is 193 Å². The zero-order valence-electron chi connectivity index (χ0n) is 17.8. The van der Waals surface area contributed by atoms with Crippen LogP contribution in [0.2, 0.25) is 5.02 Å². The van der Waals surface area contributed by atoms with E-state index in [9.17, 15) is 13.2 Å². The van der Waals surface area contributed by atoms with E-state index in [1.807, 2.05) is 12.1 Å². The Balaban J connectivity index is 1.62. The zero-order chi connectivity index (χ0) is 22.9. The summed E-state index contributed by atoms with van der Waals surface area (Å²) in [7, 11) is -0.424. The summed E-state index contributed by atoms with van der Waals surface area (Å²) in [5.41, 5.74) is 2.69. The van der Waals surface area contributed by atoms with Crippen molar-refractivity contribution in [1.82, 2.24) is 0 Å². The van der Waals surface area contributed by atoms with Crippen molar-refractivity contribution in [3.05, 3.63) is 82.9 Å². The summed E-state index contributed by atoms with van der Waals surface area (Å²) in [5.74, 6) is 0.543. The van der Waals surface area contributed by atoms with E-state index >= 15 is 0 Å². The van der Waals surface area contributed by atoms with Gasteiger partial charge in [0, 0.05) is 29.9 Å². The maximum Gasteiger partial charge on any atom is 0.264 e. The summed E-state index contributed by atoms with van der Waals surface area (Å²) >= 11 is 5.91. The van der Waals surface area contributed by atoms with Crippen molar-refractivity contribution in [3.63, 3.8) is 0 Å². The van der Waals surface area contributed by atoms with E-state index in [1.54, 1.807) is 61.5 Å². The minimum Gasteiger partial charge on any atom is -0.497 e. The molecule has 1 amide bonds. The van der Waals surface area contributed by atoms with Crippen LogP contribution in [0.1, 0.15) is 22.3 Å². The second kappa shape index (κ2) is 8.84. The number of halogens is 1. The van der Waals surface area contributed by atoms with Crippen LogP contribution in [0.25, 0.3) is 0 Å². The van der Waals surface area contributed by atoms with Gasteiger partial charge in [-0.15, -0.1) is 0 Å². The fraction of sp³-hybridized carbons (Fsp3) is 0.208. The second-order valence-corrected chi connectivity index (χ2v) is 9.84. The van der Waals surface area contributed by atoms with Crippen LogP contribution in [-0.4, -0.2) is 35.0 Å². The first-order valence-corrected chi connectivity index (χ1v) is 12.0. The molecule has 1 aliphatic heterocycles. The average molecular weight is 471 g/mol. The molecule has 0 atom stereocenters. The number of aryl methyl sites for hydroxylation is 1. The van der Waals surface area contributed by atoms with Gasteiger partial charge in [0.2, 0.25) is 0 Å². The normalized spacial score (nSPS) is 13.4. The van der Waals surface area contributed by atoms with E-state index in [2.05, 4.69) is 0 Å². The van der Waals surface area contributed by atoms with Crippen LogP contribution in [0.4, 0.5) is 11.4 Å². The van der Waals surface area contributed by atoms with Gasteiger partial charge in [-0.05, 0) is 85.1 Å². The van der Waals surface area contributed by atoms with Crippen molar-refractivity contribution in [1.29, 1.82) is 0 Å². The van der Waals surface area contributed by atoms with Crippen LogP contribution >= 0.6 is 11.6 Å². The molecule has 1 aliphatic rings. The number of anilines is 2. The highest BCUT2D eigenvalue weighted by atomic mass is 35.5. The average Bonchev–Trinajstić information content (AvgIpc) is 2.82. The van der Waals surface area contributed by atoms with Crippen molar-refractivity contribution in [2.75, 3.05) is 29.9 Å². The largest absolute Gasteiger partial charge is 0.497 e. The van der Waals surface area contributed by atoms with Crippen molar-refractivity contribution < 1.29 is 17.9 Å². The molecule has 3 aromatic rings. The number of sulfonamides is 1. The lowest BCUT2D eigenvalue weighted by Crippen LogP contribution is -2.35. The molecule has 0 aromatic heterocycles. The highest BCUT2D eigenvalue weighted by Crippen LogP contribution is 2.33. The number of benzene rings is 3. The van der Waals surface area contributed by atoms with Gasteiger partial charge in [0.05, 0.1) is 17.7 Å². The molecule has 0 fully saturated rings. The lowest BCUT2D eigenvalue weighted by molar-refractivity contribution is 0.0993. The molecule has 0 unspecified atom stereocenters. The number of hydrogen-bond donors (Lipinski definition) is 0. The molecule has 0 spiro atoms. The zero-order valence-corrected chi connectivity index (χ0v) is 19.4. The molecule has 0 radical (unpaired) electrons. The van der Waals surface area contributed by atoms with E-state index in [0.717, 1.165) is 11.3 Å². The third-order valence-corrected chi connectivity index (χ3v) is 7.65.